The topological polar surface area (TPSA) is 0 Å². The van der Waals surface area contributed by atoms with Crippen molar-refractivity contribution in [3.63, 3.8) is 0 Å². The van der Waals surface area contributed by atoms with E-state index in [-0.39, 0.29) is 0 Å². The van der Waals surface area contributed by atoms with E-state index < -0.39 is 16.1 Å². The van der Waals surface area contributed by atoms with E-state index in [2.05, 4.69) is 56.1 Å². The van der Waals surface area contributed by atoms with Crippen molar-refractivity contribution in [2.24, 2.45) is 0 Å². The van der Waals surface area contributed by atoms with E-state index in [0.29, 0.717) is 29.5 Å². The third-order valence-corrected chi connectivity index (χ3v) is 38.4. The summed E-state index contributed by atoms with van der Waals surface area (Å²) < 4.78 is 1.51. The summed E-state index contributed by atoms with van der Waals surface area (Å²) in [5.41, 5.74) is 0. The minimum atomic E-state index is -0.599. The SMILES string of the molecule is CC[N+](C)(I=II)I(C)I. The fourth-order valence-corrected chi connectivity index (χ4v) is 61.6. The number of hydrogen-bond acceptors (Lipinski definition) is 0. The van der Waals surface area contributed by atoms with Gasteiger partial charge in [-0.2, -0.15) is 0 Å². The van der Waals surface area contributed by atoms with Gasteiger partial charge in [0.1, 0.15) is 0 Å². The molecule has 1 atom stereocenters. The second kappa shape index (κ2) is 6.98. The molecule has 0 aliphatic heterocycles. The molecule has 0 aromatic rings. The molecule has 0 saturated carbocycles. The molecular weight excluding hydrogens is 697 g/mol. The zero-order valence-electron chi connectivity index (χ0n) is 6.04. The molecule has 0 fully saturated rings. The Morgan fingerprint density at radius 2 is 2.10 bits per heavy atom. The number of alkyl halides is 1. The minimum absolute atomic E-state index is 0.534. The van der Waals surface area contributed by atoms with Gasteiger partial charge < -0.3 is 0 Å². The number of quaternary nitrogens is 1. The zero-order valence-corrected chi connectivity index (χ0v) is 16.8. The normalized spacial score (nSPS) is 20.7. The number of rotatable bonds is 3. The van der Waals surface area contributed by atoms with E-state index in [9.17, 15) is 0 Å². The van der Waals surface area contributed by atoms with Crippen molar-refractivity contribution in [2.75, 3.05) is 18.5 Å². The van der Waals surface area contributed by atoms with Crippen molar-refractivity contribution in [1.29, 1.82) is 0 Å². The first-order valence-electron chi connectivity index (χ1n) is 2.62. The Morgan fingerprint density at radius 1 is 1.60 bits per heavy atom. The predicted octanol–water partition coefficient (Wildman–Crippen LogP) is 4.98. The number of hydrogen-bond donors (Lipinski definition) is 0. The average Bonchev–Trinajstić information content (AvgIpc) is 1.88. The number of nitrogens with zero attached hydrogens (tertiary/aromatic N) is 1. The molecule has 0 aromatic heterocycles. The van der Waals surface area contributed by atoms with Crippen LogP contribution in [0.3, 0.4) is 0 Å². The summed E-state index contributed by atoms with van der Waals surface area (Å²) in [7, 11) is 2.48. The van der Waals surface area contributed by atoms with E-state index in [0.717, 1.165) is 0 Å². The van der Waals surface area contributed by atoms with Gasteiger partial charge in [0.05, 0.1) is 0 Å². The van der Waals surface area contributed by atoms with Crippen LogP contribution in [0.15, 0.2) is 0 Å². The Balaban J connectivity index is 4.22. The summed E-state index contributed by atoms with van der Waals surface area (Å²) in [6, 6.07) is 0. The molecule has 0 heterocycles. The first-order valence-corrected chi connectivity index (χ1v) is 25.6. The molecule has 0 aliphatic carbocycles. The van der Waals surface area contributed by atoms with Crippen molar-refractivity contribution >= 4 is 82.8 Å². The molecule has 66 valence electrons. The molecule has 0 radical (unpaired) electrons. The standard InChI is InChI=1S/C4H11I5N/c1-4-10(3,8-7-5)9(2)6/h4H2,1-3H3/q+1. The van der Waals surface area contributed by atoms with E-state index in [1.165, 1.54) is 7.45 Å². The van der Waals surface area contributed by atoms with Gasteiger partial charge >= 0.3 is 109 Å². The second-order valence-electron chi connectivity index (χ2n) is 1.77. The zero-order chi connectivity index (χ0) is 8.20. The third kappa shape index (κ3) is 4.74. The molecule has 0 aliphatic rings. The van der Waals surface area contributed by atoms with Crippen LogP contribution in [0.4, 0.5) is 0 Å². The van der Waals surface area contributed by atoms with Crippen LogP contribution >= 0.6 is 82.8 Å². The van der Waals surface area contributed by atoms with Gasteiger partial charge in [0, 0.05) is 0 Å². The van der Waals surface area contributed by atoms with Gasteiger partial charge in [0.2, 0.25) is 0 Å². The predicted molar refractivity (Wildman–Crippen MR) is 92.7 cm³/mol. The number of halogens is 5. The van der Waals surface area contributed by atoms with Crippen LogP contribution in [0.1, 0.15) is 6.92 Å². The van der Waals surface area contributed by atoms with Crippen molar-refractivity contribution in [3.05, 3.63) is 0 Å². The molecule has 0 aromatic carbocycles. The van der Waals surface area contributed by atoms with Crippen LogP contribution in [0.25, 0.3) is 0 Å². The molecule has 0 saturated heterocycles. The van der Waals surface area contributed by atoms with E-state index in [1.54, 1.807) is 0 Å². The first kappa shape index (κ1) is 13.6. The Morgan fingerprint density at radius 3 is 2.20 bits per heavy atom. The first-order chi connectivity index (χ1) is 4.56. The van der Waals surface area contributed by atoms with Gasteiger partial charge in [-0.25, -0.2) is 0 Å². The second-order valence-corrected chi connectivity index (χ2v) is 37.0. The third-order valence-electron chi connectivity index (χ3n) is 1.20. The van der Waals surface area contributed by atoms with Crippen LogP contribution in [-0.4, -0.2) is 19.4 Å². The quantitative estimate of drug-likeness (QED) is 0.221. The molecular formula is C4H11I5N+. The van der Waals surface area contributed by atoms with Gasteiger partial charge in [-0.3, -0.25) is 0 Å². The van der Waals surface area contributed by atoms with Crippen molar-refractivity contribution in [1.82, 2.24) is 0 Å². The molecule has 0 spiro atoms. The molecule has 0 bridgehead atoms. The Hall–Kier alpha value is 3.61. The molecule has 1 nitrogen and oxygen atoms in total. The van der Waals surface area contributed by atoms with Gasteiger partial charge in [0.15, 0.2) is 0 Å². The molecule has 0 rings (SSSR count). The van der Waals surface area contributed by atoms with E-state index >= 15 is 0 Å². The van der Waals surface area contributed by atoms with Crippen LogP contribution in [0, 0.1) is 0 Å². The van der Waals surface area contributed by atoms with Crippen molar-refractivity contribution in [3.8, 4) is 0 Å². The summed E-state index contributed by atoms with van der Waals surface area (Å²) in [5, 5.41) is 0. The summed E-state index contributed by atoms with van der Waals surface area (Å²) >= 11 is 5.85. The maximum absolute atomic E-state index is 2.72. The maximum atomic E-state index is 2.72. The molecule has 1 unspecified atom stereocenters. The fraction of sp³-hybridized carbons (Fsp3) is 1.00. The summed E-state index contributed by atoms with van der Waals surface area (Å²) in [4.78, 5) is 2.49. The van der Waals surface area contributed by atoms with Crippen LogP contribution in [0.2, 0.25) is 0 Å². The Labute approximate surface area is 106 Å². The van der Waals surface area contributed by atoms with Crippen LogP contribution < -0.4 is 0 Å². The molecule has 0 N–H and O–H groups in total. The van der Waals surface area contributed by atoms with E-state index in [4.69, 9.17) is 0 Å². The molecule has 6 heteroatoms. The summed E-state index contributed by atoms with van der Waals surface area (Å²) in [6.07, 6.45) is 0. The average molecular weight is 708 g/mol. The summed E-state index contributed by atoms with van der Waals surface area (Å²) in [6.45, 7) is 3.74. The summed E-state index contributed by atoms with van der Waals surface area (Å²) in [5.74, 6) is 0. The van der Waals surface area contributed by atoms with Gasteiger partial charge in [-0.05, 0) is 0 Å². The molecule has 10 heavy (non-hydrogen) atoms. The van der Waals surface area contributed by atoms with Crippen molar-refractivity contribution in [2.45, 2.75) is 6.92 Å². The Bertz CT molecular complexity index is 125. The van der Waals surface area contributed by atoms with Gasteiger partial charge in [-0.1, -0.05) is 0 Å². The van der Waals surface area contributed by atoms with Gasteiger partial charge in [0.25, 0.3) is 0 Å². The fourth-order valence-electron chi connectivity index (χ4n) is 0.293. The van der Waals surface area contributed by atoms with Crippen LogP contribution in [-0.2, 0) is 0 Å². The van der Waals surface area contributed by atoms with Crippen molar-refractivity contribution < 1.29 is 0.910 Å². The van der Waals surface area contributed by atoms with Gasteiger partial charge in [-0.15, -0.1) is 0 Å². The molecule has 0 amide bonds. The van der Waals surface area contributed by atoms with Crippen LogP contribution in [0.5, 0.6) is 0 Å². The Kier molecular flexibility index (Phi) is 9.49. The van der Waals surface area contributed by atoms with E-state index in [1.807, 2.05) is 0 Å². The monoisotopic (exact) mass is 708 g/mol.